The van der Waals surface area contributed by atoms with Gasteiger partial charge in [-0.1, -0.05) is 0 Å². The lowest BCUT2D eigenvalue weighted by molar-refractivity contribution is -0.897. The molecule has 0 radical (unpaired) electrons. The van der Waals surface area contributed by atoms with E-state index in [1.807, 2.05) is 0 Å². The highest BCUT2D eigenvalue weighted by Gasteiger charge is 2.28. The summed E-state index contributed by atoms with van der Waals surface area (Å²) < 4.78 is 27.0. The molecule has 1 aliphatic heterocycles. The summed E-state index contributed by atoms with van der Waals surface area (Å²) in [5, 5.41) is 8.47. The molecule has 0 aliphatic carbocycles. The number of rotatable bonds is 10. The molecule has 1 unspecified atom stereocenters. The highest BCUT2D eigenvalue weighted by molar-refractivity contribution is 7.47. The van der Waals surface area contributed by atoms with Gasteiger partial charge in [-0.25, -0.2) is 4.57 Å². The lowest BCUT2D eigenvalue weighted by Crippen LogP contribution is -2.43. The summed E-state index contributed by atoms with van der Waals surface area (Å²) in [6.07, 6.45) is 2.40. The normalized spacial score (nSPS) is 21.4. The third-order valence-corrected chi connectivity index (χ3v) is 4.27. The topological polar surface area (TPSA) is 85.2 Å². The quantitative estimate of drug-likeness (QED) is 0.344. The minimum atomic E-state index is -3.98. The Labute approximate surface area is 114 Å². The molecular formula is C11H25NO6P+. The predicted molar refractivity (Wildman–Crippen MR) is 69.7 cm³/mol. The molecule has 19 heavy (non-hydrogen) atoms. The average Bonchev–Trinajstić information content (AvgIpc) is 2.75. The molecule has 0 aromatic carbocycles. The molecule has 1 saturated heterocycles. The number of aliphatic hydroxyl groups excluding tert-OH is 1. The van der Waals surface area contributed by atoms with Crippen LogP contribution in [0.2, 0.25) is 0 Å². The number of hydrogen-bond acceptors (Lipinski definition) is 5. The summed E-state index contributed by atoms with van der Waals surface area (Å²) >= 11 is 0. The van der Waals surface area contributed by atoms with E-state index in [0.717, 1.165) is 24.1 Å². The number of phosphoric acid groups is 1. The smallest absolute Gasteiger partial charge is 0.394 e. The zero-order valence-electron chi connectivity index (χ0n) is 11.5. The molecule has 7 nitrogen and oxygen atoms in total. The summed E-state index contributed by atoms with van der Waals surface area (Å²) in [4.78, 5) is 9.43. The van der Waals surface area contributed by atoms with Crippen LogP contribution in [0.25, 0.3) is 0 Å². The van der Waals surface area contributed by atoms with Crippen LogP contribution in [0.4, 0.5) is 0 Å². The van der Waals surface area contributed by atoms with E-state index >= 15 is 0 Å². The van der Waals surface area contributed by atoms with E-state index in [-0.39, 0.29) is 33.0 Å². The van der Waals surface area contributed by atoms with Crippen LogP contribution < -0.4 is 0 Å². The van der Waals surface area contributed by atoms with E-state index in [9.17, 15) is 9.46 Å². The van der Waals surface area contributed by atoms with Gasteiger partial charge >= 0.3 is 7.82 Å². The molecule has 114 valence electrons. The Hall–Kier alpha value is -0.0100. The first kappa shape index (κ1) is 17.0. The third-order valence-electron chi connectivity index (χ3n) is 3.25. The van der Waals surface area contributed by atoms with Gasteiger partial charge in [0.15, 0.2) is 0 Å². The molecule has 0 amide bonds. The third kappa shape index (κ3) is 7.37. The van der Waals surface area contributed by atoms with Crippen LogP contribution in [0.3, 0.4) is 0 Å². The molecule has 2 N–H and O–H groups in total. The molecule has 8 heteroatoms. The molecule has 0 bridgehead atoms. The lowest BCUT2D eigenvalue weighted by atomic mass is 10.4. The summed E-state index contributed by atoms with van der Waals surface area (Å²) in [6.45, 7) is 3.35. The maximum absolute atomic E-state index is 11.5. The Morgan fingerprint density at radius 1 is 1.11 bits per heavy atom. The molecule has 1 aliphatic rings. The van der Waals surface area contributed by atoms with Gasteiger partial charge in [0, 0.05) is 12.8 Å². The van der Waals surface area contributed by atoms with Gasteiger partial charge in [0.25, 0.3) is 0 Å². The fraction of sp³-hybridized carbons (Fsp3) is 1.00. The van der Waals surface area contributed by atoms with Crippen molar-refractivity contribution in [3.63, 3.8) is 0 Å². The lowest BCUT2D eigenvalue weighted by Gasteiger charge is -2.29. The fourth-order valence-electron chi connectivity index (χ4n) is 2.11. The van der Waals surface area contributed by atoms with E-state index in [2.05, 4.69) is 7.05 Å². The van der Waals surface area contributed by atoms with Crippen molar-refractivity contribution in [3.8, 4) is 0 Å². The van der Waals surface area contributed by atoms with Gasteiger partial charge < -0.3 is 19.2 Å². The van der Waals surface area contributed by atoms with Crippen LogP contribution in [-0.2, 0) is 18.3 Å². The zero-order valence-corrected chi connectivity index (χ0v) is 12.4. The van der Waals surface area contributed by atoms with Gasteiger partial charge in [-0.05, 0) is 0 Å². The molecule has 1 heterocycles. The number of ether oxygens (including phenoxy) is 1. The second-order valence-electron chi connectivity index (χ2n) is 4.97. The average molecular weight is 298 g/mol. The van der Waals surface area contributed by atoms with Crippen LogP contribution in [0.1, 0.15) is 12.8 Å². The highest BCUT2D eigenvalue weighted by atomic mass is 31.2. The first-order chi connectivity index (χ1) is 8.97. The molecule has 0 spiro atoms. The Morgan fingerprint density at radius 3 is 2.37 bits per heavy atom. The fourth-order valence-corrected chi connectivity index (χ4v) is 2.81. The number of aliphatic hydroxyl groups is 1. The number of nitrogens with zero attached hydrogens (tertiary/aromatic N) is 1. The standard InChI is InChI=1S/C11H24NO6P/c1-12(4-2-3-5-12)6-8-17-19(14,15)18-11-10-16-9-7-13/h13H,2-11H2,1H3/p+1. The van der Waals surface area contributed by atoms with Crippen molar-refractivity contribution in [2.75, 3.05) is 59.7 Å². The van der Waals surface area contributed by atoms with Crippen LogP contribution in [0, 0.1) is 0 Å². The maximum Gasteiger partial charge on any atom is 0.472 e. The Balaban J connectivity index is 2.10. The number of likely N-dealkylation sites (N-methyl/N-ethyl adjacent to an activating group) is 1. The van der Waals surface area contributed by atoms with Crippen molar-refractivity contribution in [2.24, 2.45) is 0 Å². The van der Waals surface area contributed by atoms with Crippen molar-refractivity contribution >= 4 is 7.82 Å². The van der Waals surface area contributed by atoms with Gasteiger partial charge in [0.05, 0.1) is 46.6 Å². The molecule has 0 saturated carbocycles. The van der Waals surface area contributed by atoms with Crippen molar-refractivity contribution < 1.29 is 32.8 Å². The van der Waals surface area contributed by atoms with E-state index in [4.69, 9.17) is 18.9 Å². The van der Waals surface area contributed by atoms with Crippen LogP contribution in [-0.4, -0.2) is 74.2 Å². The molecule has 0 aromatic heterocycles. The van der Waals surface area contributed by atoms with E-state index in [1.165, 1.54) is 12.8 Å². The van der Waals surface area contributed by atoms with E-state index in [0.29, 0.717) is 0 Å². The number of quaternary nitrogens is 1. The minimum absolute atomic E-state index is 0.0279. The van der Waals surface area contributed by atoms with Gasteiger partial charge in [-0.3, -0.25) is 9.05 Å². The van der Waals surface area contributed by atoms with Gasteiger partial charge in [0.2, 0.25) is 0 Å². The zero-order chi connectivity index (χ0) is 14.2. The van der Waals surface area contributed by atoms with Crippen LogP contribution >= 0.6 is 7.82 Å². The summed E-state index contributed by atoms with van der Waals surface area (Å²) in [7, 11) is -1.85. The molecule has 0 aromatic rings. The second kappa shape index (κ2) is 8.32. The van der Waals surface area contributed by atoms with E-state index < -0.39 is 7.82 Å². The molecule has 1 fully saturated rings. The first-order valence-corrected chi connectivity index (χ1v) is 8.11. The summed E-state index contributed by atoms with van der Waals surface area (Å²) in [5.41, 5.74) is 0. The predicted octanol–water partition coefficient (Wildman–Crippen LogP) is 0.369. The van der Waals surface area contributed by atoms with Gasteiger partial charge in [0.1, 0.15) is 13.2 Å². The Bertz CT molecular complexity index is 295. The second-order valence-corrected chi connectivity index (χ2v) is 6.42. The SMILES string of the molecule is C[N+]1(CCOP(=O)(O)OCCOCCO)CCCC1. The largest absolute Gasteiger partial charge is 0.472 e. The monoisotopic (exact) mass is 298 g/mol. The van der Waals surface area contributed by atoms with Crippen molar-refractivity contribution in [2.45, 2.75) is 12.8 Å². The molecule has 1 rings (SSSR count). The summed E-state index contributed by atoms with van der Waals surface area (Å²) in [5.74, 6) is 0. The highest BCUT2D eigenvalue weighted by Crippen LogP contribution is 2.42. The van der Waals surface area contributed by atoms with Crippen LogP contribution in [0.15, 0.2) is 0 Å². The van der Waals surface area contributed by atoms with Gasteiger partial charge in [-0.2, -0.15) is 0 Å². The van der Waals surface area contributed by atoms with Crippen LogP contribution in [0.5, 0.6) is 0 Å². The Morgan fingerprint density at radius 2 is 1.74 bits per heavy atom. The number of hydrogen-bond donors (Lipinski definition) is 2. The first-order valence-electron chi connectivity index (χ1n) is 6.61. The Kier molecular flexibility index (Phi) is 7.46. The van der Waals surface area contributed by atoms with E-state index in [1.54, 1.807) is 0 Å². The van der Waals surface area contributed by atoms with Crippen molar-refractivity contribution in [3.05, 3.63) is 0 Å². The number of likely N-dealkylation sites (tertiary alicyclic amines) is 1. The maximum atomic E-state index is 11.5. The molecular weight excluding hydrogens is 273 g/mol. The van der Waals surface area contributed by atoms with Crippen molar-refractivity contribution in [1.29, 1.82) is 0 Å². The number of phosphoric ester groups is 1. The van der Waals surface area contributed by atoms with Gasteiger partial charge in [-0.15, -0.1) is 0 Å². The minimum Gasteiger partial charge on any atom is -0.394 e. The molecule has 1 atom stereocenters. The summed E-state index contributed by atoms with van der Waals surface area (Å²) in [6, 6.07) is 0. The van der Waals surface area contributed by atoms with Crippen molar-refractivity contribution in [1.82, 2.24) is 0 Å².